The number of thiophene rings is 1. The first-order valence-corrected chi connectivity index (χ1v) is 9.91. The van der Waals surface area contributed by atoms with Crippen LogP contribution in [0, 0.1) is 0 Å². The fourth-order valence-electron chi connectivity index (χ4n) is 2.86. The van der Waals surface area contributed by atoms with E-state index in [4.69, 9.17) is 10.7 Å². The van der Waals surface area contributed by atoms with Crippen LogP contribution in [0.2, 0.25) is 0 Å². The first-order valence-electron chi connectivity index (χ1n) is 8.30. The van der Waals surface area contributed by atoms with Gasteiger partial charge in [-0.15, -0.1) is 11.3 Å². The van der Waals surface area contributed by atoms with E-state index in [-0.39, 0.29) is 12.5 Å². The number of nitrogens with zero attached hydrogens (tertiary/aromatic N) is 3. The molecular formula is C18H21BrN4OS. The topological polar surface area (TPSA) is 63.6 Å². The Bertz CT molecular complexity index is 873. The second-order valence-corrected chi connectivity index (χ2v) is 8.43. The number of aromatic nitrogens is 2. The number of pyridine rings is 1. The molecule has 0 saturated heterocycles. The fourth-order valence-corrected chi connectivity index (χ4v) is 4.26. The van der Waals surface area contributed by atoms with Crippen molar-refractivity contribution in [1.82, 2.24) is 14.3 Å². The van der Waals surface area contributed by atoms with Crippen LogP contribution in [0.3, 0.4) is 0 Å². The van der Waals surface area contributed by atoms with Crippen molar-refractivity contribution in [2.75, 3.05) is 13.1 Å². The minimum absolute atomic E-state index is 0.258. The average molecular weight is 421 g/mol. The number of hydrogen-bond acceptors (Lipinski definition) is 4. The minimum Gasteiger partial charge on any atom is -0.369 e. The van der Waals surface area contributed by atoms with Gasteiger partial charge < -0.3 is 10.1 Å². The number of amides is 1. The number of carbonyl (C=O) groups excluding carboxylic acids is 1. The minimum atomic E-state index is -0.301. The Kier molecular flexibility index (Phi) is 5.88. The van der Waals surface area contributed by atoms with E-state index < -0.39 is 0 Å². The summed E-state index contributed by atoms with van der Waals surface area (Å²) in [7, 11) is 0. The molecule has 3 aromatic rings. The summed E-state index contributed by atoms with van der Waals surface area (Å²) in [5, 5.41) is 0. The van der Waals surface area contributed by atoms with E-state index in [9.17, 15) is 4.79 Å². The summed E-state index contributed by atoms with van der Waals surface area (Å²) in [6.07, 6.45) is 4.13. The molecule has 2 N–H and O–H groups in total. The number of carbonyl (C=O) groups is 1. The molecule has 132 valence electrons. The van der Waals surface area contributed by atoms with Crippen LogP contribution in [0.4, 0.5) is 0 Å². The molecule has 0 saturated carbocycles. The zero-order chi connectivity index (χ0) is 17.8. The Hall–Kier alpha value is -1.70. The molecule has 0 atom stereocenters. The first-order chi connectivity index (χ1) is 12.1. The molecule has 25 heavy (non-hydrogen) atoms. The highest BCUT2D eigenvalue weighted by Crippen LogP contribution is 2.33. The van der Waals surface area contributed by atoms with Crippen molar-refractivity contribution < 1.29 is 4.79 Å². The van der Waals surface area contributed by atoms with E-state index in [1.807, 2.05) is 30.5 Å². The van der Waals surface area contributed by atoms with Gasteiger partial charge in [-0.2, -0.15) is 0 Å². The predicted octanol–water partition coefficient (Wildman–Crippen LogP) is 3.91. The summed E-state index contributed by atoms with van der Waals surface area (Å²) in [6.45, 7) is 3.88. The number of fused-ring (bicyclic) bond motifs is 1. The lowest BCUT2D eigenvalue weighted by Gasteiger charge is -2.20. The smallest absolute Gasteiger partial charge is 0.231 e. The maximum absolute atomic E-state index is 11.5. The van der Waals surface area contributed by atoms with Gasteiger partial charge in [-0.05, 0) is 53.2 Å². The van der Waals surface area contributed by atoms with Crippen LogP contribution in [0.15, 0.2) is 40.3 Å². The lowest BCUT2D eigenvalue weighted by atomic mass is 10.2. The molecule has 0 spiro atoms. The van der Waals surface area contributed by atoms with Gasteiger partial charge in [0.1, 0.15) is 11.3 Å². The van der Waals surface area contributed by atoms with Gasteiger partial charge in [0, 0.05) is 12.7 Å². The molecule has 0 aromatic carbocycles. The summed E-state index contributed by atoms with van der Waals surface area (Å²) >= 11 is 5.19. The quantitative estimate of drug-likeness (QED) is 0.600. The lowest BCUT2D eigenvalue weighted by molar-refractivity contribution is -0.119. The van der Waals surface area contributed by atoms with Crippen LogP contribution in [0.5, 0.6) is 0 Å². The molecule has 7 heteroatoms. The van der Waals surface area contributed by atoms with Crippen molar-refractivity contribution in [1.29, 1.82) is 0 Å². The maximum Gasteiger partial charge on any atom is 0.231 e. The average Bonchev–Trinajstić information content (AvgIpc) is 3.16. The standard InChI is InChI=1S/C18H21BrN4OS/c1-2-3-9-22(12-16(20)24)11-13-18(14-7-8-15(19)25-14)21-17-6-4-5-10-23(13)17/h4-8,10H,2-3,9,11-12H2,1H3,(H2,20,24). The second-order valence-electron chi connectivity index (χ2n) is 5.97. The molecule has 3 rings (SSSR count). The van der Waals surface area contributed by atoms with E-state index in [0.29, 0.717) is 6.54 Å². The van der Waals surface area contributed by atoms with E-state index >= 15 is 0 Å². The van der Waals surface area contributed by atoms with Gasteiger partial charge in [0.25, 0.3) is 0 Å². The number of nitrogens with two attached hydrogens (primary N) is 1. The number of hydrogen-bond donors (Lipinski definition) is 1. The van der Waals surface area contributed by atoms with Gasteiger partial charge in [0.05, 0.1) is 20.9 Å². The molecule has 0 bridgehead atoms. The molecule has 0 aliphatic carbocycles. The molecule has 3 aromatic heterocycles. The summed E-state index contributed by atoms with van der Waals surface area (Å²) in [4.78, 5) is 19.5. The molecular weight excluding hydrogens is 400 g/mol. The largest absolute Gasteiger partial charge is 0.369 e. The highest BCUT2D eigenvalue weighted by molar-refractivity contribution is 9.11. The number of primary amides is 1. The summed E-state index contributed by atoms with van der Waals surface area (Å²) in [6, 6.07) is 10.1. The Morgan fingerprint density at radius 2 is 2.20 bits per heavy atom. The van der Waals surface area contributed by atoms with Crippen molar-refractivity contribution >= 4 is 38.8 Å². The summed E-state index contributed by atoms with van der Waals surface area (Å²) < 4.78 is 3.17. The van der Waals surface area contributed by atoms with Crippen LogP contribution in [-0.2, 0) is 11.3 Å². The van der Waals surface area contributed by atoms with Crippen LogP contribution in [-0.4, -0.2) is 33.3 Å². The first kappa shape index (κ1) is 18.1. The Labute approximate surface area is 159 Å². The summed E-state index contributed by atoms with van der Waals surface area (Å²) in [5.74, 6) is -0.301. The molecule has 5 nitrogen and oxygen atoms in total. The fraction of sp³-hybridized carbons (Fsp3) is 0.333. The Balaban J connectivity index is 2.01. The SMILES string of the molecule is CCCCN(CC(N)=O)Cc1c(-c2ccc(Br)s2)nc2ccccn12. The van der Waals surface area contributed by atoms with Crippen molar-refractivity contribution in [2.24, 2.45) is 5.73 Å². The zero-order valence-corrected chi connectivity index (χ0v) is 16.5. The van der Waals surface area contributed by atoms with Crippen molar-refractivity contribution in [3.05, 3.63) is 46.0 Å². The number of rotatable bonds is 8. The Morgan fingerprint density at radius 3 is 2.88 bits per heavy atom. The van der Waals surface area contributed by atoms with Gasteiger partial charge in [0.15, 0.2) is 0 Å². The third-order valence-corrected chi connectivity index (χ3v) is 5.65. The molecule has 0 fully saturated rings. The van der Waals surface area contributed by atoms with Crippen LogP contribution < -0.4 is 5.73 Å². The molecule has 3 heterocycles. The van der Waals surface area contributed by atoms with Crippen LogP contribution in [0.1, 0.15) is 25.5 Å². The van der Waals surface area contributed by atoms with E-state index in [2.05, 4.69) is 38.2 Å². The molecule has 0 aliphatic heterocycles. The van der Waals surface area contributed by atoms with Gasteiger partial charge in [0.2, 0.25) is 5.91 Å². The monoisotopic (exact) mass is 420 g/mol. The lowest BCUT2D eigenvalue weighted by Crippen LogP contribution is -2.34. The molecule has 1 amide bonds. The summed E-state index contributed by atoms with van der Waals surface area (Å²) in [5.41, 5.74) is 8.41. The van der Waals surface area contributed by atoms with Crippen molar-refractivity contribution in [3.63, 3.8) is 0 Å². The van der Waals surface area contributed by atoms with Gasteiger partial charge >= 0.3 is 0 Å². The molecule has 0 aliphatic rings. The van der Waals surface area contributed by atoms with Crippen LogP contribution >= 0.6 is 27.3 Å². The molecule has 0 radical (unpaired) electrons. The normalized spacial score (nSPS) is 11.5. The van der Waals surface area contributed by atoms with Crippen LogP contribution in [0.25, 0.3) is 16.2 Å². The second kappa shape index (κ2) is 8.12. The maximum atomic E-state index is 11.5. The Morgan fingerprint density at radius 1 is 1.36 bits per heavy atom. The third-order valence-electron chi connectivity index (χ3n) is 4.02. The van der Waals surface area contributed by atoms with Gasteiger partial charge in [-0.1, -0.05) is 19.4 Å². The molecule has 0 unspecified atom stereocenters. The number of imidazole rings is 1. The zero-order valence-electron chi connectivity index (χ0n) is 14.1. The van der Waals surface area contributed by atoms with E-state index in [1.54, 1.807) is 11.3 Å². The third kappa shape index (κ3) is 4.29. The number of halogens is 1. The van der Waals surface area contributed by atoms with Gasteiger partial charge in [-0.3, -0.25) is 9.69 Å². The van der Waals surface area contributed by atoms with E-state index in [1.165, 1.54) is 0 Å². The highest BCUT2D eigenvalue weighted by atomic mass is 79.9. The van der Waals surface area contributed by atoms with Crippen molar-refractivity contribution in [3.8, 4) is 10.6 Å². The van der Waals surface area contributed by atoms with E-state index in [0.717, 1.165) is 45.1 Å². The predicted molar refractivity (Wildman–Crippen MR) is 106 cm³/mol. The van der Waals surface area contributed by atoms with Crippen molar-refractivity contribution in [2.45, 2.75) is 26.3 Å². The van der Waals surface area contributed by atoms with Gasteiger partial charge in [-0.25, -0.2) is 4.98 Å². The number of unbranched alkanes of at least 4 members (excludes halogenated alkanes) is 1. The highest BCUT2D eigenvalue weighted by Gasteiger charge is 2.19.